The fraction of sp³-hybridized carbons (Fsp3) is 0.250. The number of rotatable bonds is 1. The van der Waals surface area contributed by atoms with Crippen molar-refractivity contribution in [3.63, 3.8) is 0 Å². The summed E-state index contributed by atoms with van der Waals surface area (Å²) in [5, 5.41) is 0. The summed E-state index contributed by atoms with van der Waals surface area (Å²) in [6.45, 7) is 0. The van der Waals surface area contributed by atoms with Crippen molar-refractivity contribution in [3.8, 4) is 5.75 Å². The summed E-state index contributed by atoms with van der Waals surface area (Å²) in [5.74, 6) is -0.176. The number of alkyl halides is 3. The Morgan fingerprint density at radius 2 is 1.93 bits per heavy atom. The molecule has 0 radical (unpaired) electrons. The molecule has 0 bridgehead atoms. The number of ether oxygens (including phenoxy) is 1. The number of hydrogen-bond acceptors (Lipinski definition) is 1. The van der Waals surface area contributed by atoms with Gasteiger partial charge < -0.3 is 4.74 Å². The predicted molar refractivity (Wildman–Crippen MR) is 58.4 cm³/mol. The fourth-order valence-corrected chi connectivity index (χ4v) is 1.71. The van der Waals surface area contributed by atoms with Gasteiger partial charge in [0.1, 0.15) is 5.75 Å². The van der Waals surface area contributed by atoms with Crippen LogP contribution in [0.1, 0.15) is 5.56 Å². The highest BCUT2D eigenvalue weighted by Gasteiger charge is 2.34. The van der Waals surface area contributed by atoms with E-state index < -0.39 is 11.7 Å². The fourth-order valence-electron chi connectivity index (χ4n) is 0.919. The summed E-state index contributed by atoms with van der Waals surface area (Å²) in [4.78, 5) is 0. The zero-order chi connectivity index (χ0) is 10.9. The van der Waals surface area contributed by atoms with Gasteiger partial charge in [0.15, 0.2) is 0 Å². The minimum absolute atomic E-state index is 0.176. The van der Waals surface area contributed by atoms with Crippen LogP contribution in [0.15, 0.2) is 16.6 Å². The average Bonchev–Trinajstić information content (AvgIpc) is 2.07. The van der Waals surface area contributed by atoms with Crippen molar-refractivity contribution in [1.82, 2.24) is 0 Å². The first-order chi connectivity index (χ1) is 6.36. The molecule has 0 heterocycles. The predicted octanol–water partition coefficient (Wildman–Crippen LogP) is 4.08. The first-order valence-electron chi connectivity index (χ1n) is 3.46. The molecular formula is C8H5BrF3IO. The van der Waals surface area contributed by atoms with E-state index in [1.807, 2.05) is 22.6 Å². The lowest BCUT2D eigenvalue weighted by atomic mass is 10.2. The van der Waals surface area contributed by atoms with Crippen molar-refractivity contribution in [1.29, 1.82) is 0 Å². The molecule has 0 spiro atoms. The summed E-state index contributed by atoms with van der Waals surface area (Å²) in [7, 11) is 1.21. The maximum atomic E-state index is 12.4. The van der Waals surface area contributed by atoms with Crippen molar-refractivity contribution in [2.75, 3.05) is 7.11 Å². The molecular weight excluding hydrogens is 376 g/mol. The Balaban J connectivity index is 3.35. The van der Waals surface area contributed by atoms with Crippen molar-refractivity contribution >= 4 is 38.5 Å². The Morgan fingerprint density at radius 3 is 2.36 bits per heavy atom. The van der Waals surface area contributed by atoms with Gasteiger partial charge in [0.25, 0.3) is 0 Å². The van der Waals surface area contributed by atoms with Crippen molar-refractivity contribution in [2.45, 2.75) is 6.18 Å². The lowest BCUT2D eigenvalue weighted by Crippen LogP contribution is -2.08. The van der Waals surface area contributed by atoms with E-state index in [0.717, 1.165) is 6.07 Å². The van der Waals surface area contributed by atoms with Crippen molar-refractivity contribution in [2.24, 2.45) is 0 Å². The van der Waals surface area contributed by atoms with Crippen LogP contribution in [0.3, 0.4) is 0 Å². The second-order valence-electron chi connectivity index (χ2n) is 2.46. The first kappa shape index (κ1) is 12.1. The molecule has 0 amide bonds. The molecule has 1 aromatic carbocycles. The van der Waals surface area contributed by atoms with Gasteiger partial charge in [-0.2, -0.15) is 13.2 Å². The standard InChI is InChI=1S/C8H5BrF3IO/c1-14-7-3-5(9)6(13)2-4(7)8(10,11)12/h2-3H,1H3. The molecule has 0 aliphatic heterocycles. The van der Waals surface area contributed by atoms with E-state index in [9.17, 15) is 13.2 Å². The third-order valence-electron chi connectivity index (χ3n) is 1.55. The van der Waals surface area contributed by atoms with E-state index in [1.165, 1.54) is 13.2 Å². The zero-order valence-corrected chi connectivity index (χ0v) is 10.7. The Bertz CT molecular complexity index is 351. The molecule has 1 aromatic rings. The van der Waals surface area contributed by atoms with Gasteiger partial charge in [-0.25, -0.2) is 0 Å². The summed E-state index contributed by atoms with van der Waals surface area (Å²) >= 11 is 4.95. The van der Waals surface area contributed by atoms with Crippen LogP contribution < -0.4 is 4.74 Å². The third-order valence-corrected chi connectivity index (χ3v) is 3.84. The molecule has 0 fully saturated rings. The van der Waals surface area contributed by atoms with Gasteiger partial charge in [-0.05, 0) is 50.7 Å². The monoisotopic (exact) mass is 380 g/mol. The number of hydrogen-bond donors (Lipinski definition) is 0. The highest BCUT2D eigenvalue weighted by atomic mass is 127. The molecule has 0 aromatic heterocycles. The Hall–Kier alpha value is 0.0200. The van der Waals surface area contributed by atoms with Crippen LogP contribution in [0, 0.1) is 3.57 Å². The normalized spacial score (nSPS) is 11.6. The van der Waals surface area contributed by atoms with Crippen LogP contribution in [0.5, 0.6) is 5.75 Å². The van der Waals surface area contributed by atoms with Gasteiger partial charge in [-0.1, -0.05) is 0 Å². The SMILES string of the molecule is COc1cc(Br)c(I)cc1C(F)(F)F. The number of methoxy groups -OCH3 is 1. The lowest BCUT2D eigenvalue weighted by Gasteiger charge is -2.12. The molecule has 0 N–H and O–H groups in total. The lowest BCUT2D eigenvalue weighted by molar-refractivity contribution is -0.138. The van der Waals surface area contributed by atoms with E-state index in [1.54, 1.807) is 0 Å². The van der Waals surface area contributed by atoms with E-state index >= 15 is 0 Å². The first-order valence-corrected chi connectivity index (χ1v) is 5.33. The quantitative estimate of drug-likeness (QED) is 0.667. The van der Waals surface area contributed by atoms with Crippen LogP contribution in [0.25, 0.3) is 0 Å². The van der Waals surface area contributed by atoms with Gasteiger partial charge >= 0.3 is 6.18 Å². The van der Waals surface area contributed by atoms with E-state index in [2.05, 4.69) is 20.7 Å². The molecule has 78 valence electrons. The summed E-state index contributed by atoms with van der Waals surface area (Å²) in [6, 6.07) is 2.36. The summed E-state index contributed by atoms with van der Waals surface area (Å²) < 4.78 is 43.1. The number of benzene rings is 1. The van der Waals surface area contributed by atoms with Crippen LogP contribution in [-0.2, 0) is 6.18 Å². The Labute approximate surface area is 101 Å². The van der Waals surface area contributed by atoms with Gasteiger partial charge in [0, 0.05) is 8.04 Å². The maximum Gasteiger partial charge on any atom is 0.420 e. The Kier molecular flexibility index (Phi) is 3.68. The smallest absolute Gasteiger partial charge is 0.420 e. The minimum atomic E-state index is -4.38. The van der Waals surface area contributed by atoms with E-state index in [4.69, 9.17) is 0 Å². The number of halogens is 5. The molecule has 0 aliphatic carbocycles. The molecule has 0 saturated heterocycles. The van der Waals surface area contributed by atoms with Gasteiger partial charge in [0.05, 0.1) is 12.7 Å². The van der Waals surface area contributed by atoms with Crippen LogP contribution in [-0.4, -0.2) is 7.11 Å². The third kappa shape index (κ3) is 2.53. The van der Waals surface area contributed by atoms with Crippen LogP contribution >= 0.6 is 38.5 Å². The largest absolute Gasteiger partial charge is 0.496 e. The molecule has 0 saturated carbocycles. The molecule has 0 atom stereocenters. The van der Waals surface area contributed by atoms with E-state index in [-0.39, 0.29) is 5.75 Å². The summed E-state index contributed by atoms with van der Waals surface area (Å²) in [6.07, 6.45) is -4.38. The zero-order valence-electron chi connectivity index (χ0n) is 6.95. The minimum Gasteiger partial charge on any atom is -0.496 e. The highest BCUT2D eigenvalue weighted by Crippen LogP contribution is 2.39. The molecule has 14 heavy (non-hydrogen) atoms. The Morgan fingerprint density at radius 1 is 1.36 bits per heavy atom. The second-order valence-corrected chi connectivity index (χ2v) is 4.48. The second kappa shape index (κ2) is 4.26. The molecule has 0 aliphatic rings. The average molecular weight is 381 g/mol. The van der Waals surface area contributed by atoms with Gasteiger partial charge in [-0.15, -0.1) is 0 Å². The van der Waals surface area contributed by atoms with Crippen molar-refractivity contribution < 1.29 is 17.9 Å². The van der Waals surface area contributed by atoms with Gasteiger partial charge in [0.2, 0.25) is 0 Å². The molecule has 1 nitrogen and oxygen atoms in total. The van der Waals surface area contributed by atoms with Gasteiger partial charge in [-0.3, -0.25) is 0 Å². The molecule has 1 rings (SSSR count). The van der Waals surface area contributed by atoms with Crippen LogP contribution in [0.4, 0.5) is 13.2 Å². The van der Waals surface area contributed by atoms with Crippen molar-refractivity contribution in [3.05, 3.63) is 25.7 Å². The highest BCUT2D eigenvalue weighted by molar-refractivity contribution is 14.1. The topological polar surface area (TPSA) is 9.23 Å². The van der Waals surface area contributed by atoms with E-state index in [0.29, 0.717) is 8.04 Å². The van der Waals surface area contributed by atoms with Crippen LogP contribution in [0.2, 0.25) is 0 Å². The molecule has 6 heteroatoms. The molecule has 0 unspecified atom stereocenters. The maximum absolute atomic E-state index is 12.4. The summed E-state index contributed by atoms with van der Waals surface area (Å²) in [5.41, 5.74) is -0.757.